The van der Waals surface area contributed by atoms with Crippen molar-refractivity contribution in [2.75, 3.05) is 6.61 Å². The van der Waals surface area contributed by atoms with Gasteiger partial charge in [0.1, 0.15) is 16.4 Å². The summed E-state index contributed by atoms with van der Waals surface area (Å²) in [5.41, 5.74) is 0. The third kappa shape index (κ3) is 7.93. The Kier molecular flexibility index (Phi) is 10.6. The van der Waals surface area contributed by atoms with Crippen molar-refractivity contribution >= 4 is 38.0 Å². The average molecular weight is 473 g/mol. The van der Waals surface area contributed by atoms with Crippen LogP contribution in [-0.4, -0.2) is 12.6 Å². The molecule has 3 rings (SSSR count). The Morgan fingerprint density at radius 1 is 0.750 bits per heavy atom. The molecular formula is C27H36O3S2. The zero-order valence-electron chi connectivity index (χ0n) is 19.5. The molecule has 1 aromatic carbocycles. The highest BCUT2D eigenvalue weighted by atomic mass is 32.1. The number of carbonyl (C=O) groups excluding carboxylic acids is 1. The molecule has 0 bridgehead atoms. The molecule has 0 aliphatic carbocycles. The second-order valence-electron chi connectivity index (χ2n) is 8.34. The quantitative estimate of drug-likeness (QED) is 0.126. The first kappa shape index (κ1) is 24.8. The Hall–Kier alpha value is -1.85. The van der Waals surface area contributed by atoms with Gasteiger partial charge in [-0.25, -0.2) is 4.79 Å². The van der Waals surface area contributed by atoms with Crippen LogP contribution in [0.15, 0.2) is 36.4 Å². The maximum Gasteiger partial charge on any atom is 0.353 e. The van der Waals surface area contributed by atoms with Crippen molar-refractivity contribution in [1.29, 1.82) is 0 Å². The Morgan fingerprint density at radius 2 is 1.38 bits per heavy atom. The van der Waals surface area contributed by atoms with Gasteiger partial charge in [-0.05, 0) is 55.7 Å². The van der Waals surface area contributed by atoms with Crippen LogP contribution in [0.1, 0.15) is 92.6 Å². The van der Waals surface area contributed by atoms with Gasteiger partial charge in [0.15, 0.2) is 0 Å². The summed E-state index contributed by atoms with van der Waals surface area (Å²) in [7, 11) is 0. The van der Waals surface area contributed by atoms with Crippen LogP contribution in [0.3, 0.4) is 0 Å². The van der Waals surface area contributed by atoms with Crippen LogP contribution in [-0.2, 0) is 6.42 Å². The number of unbranched alkanes of at least 4 members (excludes halogenated alkanes) is 8. The zero-order chi connectivity index (χ0) is 22.6. The van der Waals surface area contributed by atoms with E-state index in [9.17, 15) is 4.79 Å². The van der Waals surface area contributed by atoms with E-state index in [0.29, 0.717) is 10.6 Å². The first-order chi connectivity index (χ1) is 15.7. The van der Waals surface area contributed by atoms with Crippen LogP contribution < -0.4 is 9.47 Å². The van der Waals surface area contributed by atoms with Crippen molar-refractivity contribution in [3.8, 4) is 11.5 Å². The van der Waals surface area contributed by atoms with Crippen LogP contribution in [0.25, 0.3) is 9.40 Å². The number of esters is 1. The predicted molar refractivity (Wildman–Crippen MR) is 138 cm³/mol. The number of carbonyl (C=O) groups is 1. The second-order valence-corrected chi connectivity index (χ2v) is 10.6. The molecule has 0 aliphatic rings. The van der Waals surface area contributed by atoms with Gasteiger partial charge in [0, 0.05) is 14.3 Å². The lowest BCUT2D eigenvalue weighted by Crippen LogP contribution is -2.06. The van der Waals surface area contributed by atoms with Gasteiger partial charge < -0.3 is 9.47 Å². The van der Waals surface area contributed by atoms with Gasteiger partial charge in [-0.3, -0.25) is 0 Å². The molecule has 32 heavy (non-hydrogen) atoms. The standard InChI is InChI=1S/C27H36O3S2/c1-3-5-7-8-9-10-12-18-29-21-14-16-22(17-15-21)30-27(28)26-20-25-24(32-26)19-23(31-25)13-11-6-4-2/h14-17,19-20H,3-13,18H2,1-2H3. The molecule has 3 nitrogen and oxygen atoms in total. The summed E-state index contributed by atoms with van der Waals surface area (Å²) in [6.45, 7) is 5.21. The Labute approximate surface area is 200 Å². The molecule has 0 N–H and O–H groups in total. The summed E-state index contributed by atoms with van der Waals surface area (Å²) in [5, 5.41) is 0. The smallest absolute Gasteiger partial charge is 0.353 e. The number of ether oxygens (including phenoxy) is 2. The molecule has 0 atom stereocenters. The second kappa shape index (κ2) is 13.6. The number of rotatable bonds is 15. The third-order valence-electron chi connectivity index (χ3n) is 5.54. The molecule has 0 amide bonds. The lowest BCUT2D eigenvalue weighted by molar-refractivity contribution is 0.0739. The fourth-order valence-electron chi connectivity index (χ4n) is 3.67. The fraction of sp³-hybridized carbons (Fsp3) is 0.519. The predicted octanol–water partition coefficient (Wildman–Crippen LogP) is 9.04. The first-order valence-corrected chi connectivity index (χ1v) is 13.8. The van der Waals surface area contributed by atoms with Gasteiger partial charge in [0.25, 0.3) is 0 Å². The number of benzene rings is 1. The van der Waals surface area contributed by atoms with E-state index in [2.05, 4.69) is 19.9 Å². The lowest BCUT2D eigenvalue weighted by atomic mass is 10.1. The van der Waals surface area contributed by atoms with Crippen molar-refractivity contribution in [1.82, 2.24) is 0 Å². The molecule has 0 spiro atoms. The molecule has 0 radical (unpaired) electrons. The Balaban J connectivity index is 1.40. The topological polar surface area (TPSA) is 35.5 Å². The minimum absolute atomic E-state index is 0.289. The summed E-state index contributed by atoms with van der Waals surface area (Å²) in [4.78, 5) is 14.6. The van der Waals surface area contributed by atoms with Crippen LogP contribution in [0.2, 0.25) is 0 Å². The average Bonchev–Trinajstić information content (AvgIpc) is 3.36. The molecule has 174 valence electrons. The van der Waals surface area contributed by atoms with Crippen molar-refractivity contribution < 1.29 is 14.3 Å². The number of aryl methyl sites for hydroxylation is 1. The summed E-state index contributed by atoms with van der Waals surface area (Å²) < 4.78 is 13.8. The maximum absolute atomic E-state index is 12.6. The minimum Gasteiger partial charge on any atom is -0.494 e. The van der Waals surface area contributed by atoms with Gasteiger partial charge in [-0.15, -0.1) is 22.7 Å². The largest absolute Gasteiger partial charge is 0.494 e. The highest BCUT2D eigenvalue weighted by Crippen LogP contribution is 2.34. The van der Waals surface area contributed by atoms with Crippen LogP contribution in [0.5, 0.6) is 11.5 Å². The van der Waals surface area contributed by atoms with Crippen molar-refractivity contribution in [3.63, 3.8) is 0 Å². The minimum atomic E-state index is -0.289. The Bertz CT molecular complexity index is 908. The van der Waals surface area contributed by atoms with Crippen LogP contribution in [0, 0.1) is 0 Å². The van der Waals surface area contributed by atoms with Gasteiger partial charge in [0.2, 0.25) is 0 Å². The van der Waals surface area contributed by atoms with E-state index < -0.39 is 0 Å². The first-order valence-electron chi connectivity index (χ1n) is 12.2. The summed E-state index contributed by atoms with van der Waals surface area (Å²) in [5.74, 6) is 1.08. The summed E-state index contributed by atoms with van der Waals surface area (Å²) in [6.07, 6.45) is 13.8. The normalized spacial score (nSPS) is 11.2. The van der Waals surface area contributed by atoms with Crippen molar-refractivity contribution in [2.24, 2.45) is 0 Å². The molecular weight excluding hydrogens is 436 g/mol. The molecule has 0 unspecified atom stereocenters. The van der Waals surface area contributed by atoms with E-state index in [1.807, 2.05) is 18.2 Å². The molecule has 0 fully saturated rings. The molecule has 0 saturated heterocycles. The number of thiophene rings is 2. The van der Waals surface area contributed by atoms with Crippen molar-refractivity contribution in [2.45, 2.75) is 84.5 Å². The van der Waals surface area contributed by atoms with Gasteiger partial charge in [-0.2, -0.15) is 0 Å². The number of hydrogen-bond donors (Lipinski definition) is 0. The molecule has 3 aromatic rings. The van der Waals surface area contributed by atoms with E-state index in [4.69, 9.17) is 9.47 Å². The molecule has 0 saturated carbocycles. The number of hydrogen-bond acceptors (Lipinski definition) is 5. The number of fused-ring (bicyclic) bond motifs is 1. The highest BCUT2D eigenvalue weighted by Gasteiger charge is 2.15. The van der Waals surface area contributed by atoms with E-state index in [0.717, 1.165) is 25.2 Å². The van der Waals surface area contributed by atoms with Gasteiger partial charge >= 0.3 is 5.97 Å². The SMILES string of the molecule is CCCCCCCCCOc1ccc(OC(=O)c2cc3sc(CCCCC)cc3s2)cc1. The van der Waals surface area contributed by atoms with Crippen LogP contribution >= 0.6 is 22.7 Å². The van der Waals surface area contributed by atoms with Crippen LogP contribution in [0.4, 0.5) is 0 Å². The fourth-order valence-corrected chi connectivity index (χ4v) is 6.01. The van der Waals surface area contributed by atoms with Gasteiger partial charge in [-0.1, -0.05) is 65.2 Å². The molecule has 5 heteroatoms. The molecule has 2 heterocycles. The van der Waals surface area contributed by atoms with E-state index >= 15 is 0 Å². The van der Waals surface area contributed by atoms with Crippen molar-refractivity contribution in [3.05, 3.63) is 46.2 Å². The van der Waals surface area contributed by atoms with E-state index in [1.54, 1.807) is 23.5 Å². The zero-order valence-corrected chi connectivity index (χ0v) is 21.1. The monoisotopic (exact) mass is 472 g/mol. The maximum atomic E-state index is 12.6. The Morgan fingerprint density at radius 3 is 2.09 bits per heavy atom. The highest BCUT2D eigenvalue weighted by molar-refractivity contribution is 7.28. The summed E-state index contributed by atoms with van der Waals surface area (Å²) >= 11 is 3.32. The molecule has 0 aliphatic heterocycles. The lowest BCUT2D eigenvalue weighted by Gasteiger charge is -2.07. The van der Waals surface area contributed by atoms with E-state index in [-0.39, 0.29) is 5.97 Å². The summed E-state index contributed by atoms with van der Waals surface area (Å²) in [6, 6.07) is 11.6. The third-order valence-corrected chi connectivity index (χ3v) is 7.87. The van der Waals surface area contributed by atoms with E-state index in [1.165, 1.54) is 83.4 Å². The molecule has 2 aromatic heterocycles. The van der Waals surface area contributed by atoms with Gasteiger partial charge in [0.05, 0.1) is 6.61 Å².